The fourth-order valence-corrected chi connectivity index (χ4v) is 0.782. The van der Waals surface area contributed by atoms with Crippen LogP contribution >= 0.6 is 0 Å². The number of carbonyl (C=O) groups excluding carboxylic acids is 2. The minimum absolute atomic E-state index is 0.123. The first-order valence-electron chi connectivity index (χ1n) is 2.73. The topological polar surface area (TPSA) is 63.4 Å². The molecule has 0 saturated carbocycles. The zero-order chi connectivity index (χ0) is 6.85. The van der Waals surface area contributed by atoms with E-state index in [1.54, 1.807) is 0 Å². The van der Waals surface area contributed by atoms with Crippen LogP contribution in [0.2, 0.25) is 0 Å². The Bertz CT molecular complexity index is 146. The zero-order valence-corrected chi connectivity index (χ0v) is 4.91. The number of nitrogens with two attached hydrogens (primary N) is 1. The summed E-state index contributed by atoms with van der Waals surface area (Å²) < 4.78 is 0. The van der Waals surface area contributed by atoms with Gasteiger partial charge in [0.15, 0.2) is 0 Å². The van der Waals surface area contributed by atoms with Crippen molar-refractivity contribution in [3.63, 3.8) is 0 Å². The van der Waals surface area contributed by atoms with Gasteiger partial charge in [0.25, 0.3) is 0 Å². The highest BCUT2D eigenvalue weighted by Gasteiger charge is 2.32. The number of aldehydes is 1. The number of likely N-dealkylation sites (tertiary alicyclic amines) is 1. The van der Waals surface area contributed by atoms with E-state index in [4.69, 9.17) is 5.73 Å². The number of β-lactam (4-membered cyclic amide) rings is 1. The molecule has 2 N–H and O–H groups in total. The minimum Gasteiger partial charge on any atom is -0.332 e. The van der Waals surface area contributed by atoms with Gasteiger partial charge < -0.3 is 15.4 Å². The Hall–Kier alpha value is -0.900. The molecule has 4 heteroatoms. The minimum atomic E-state index is -0.357. The summed E-state index contributed by atoms with van der Waals surface area (Å²) in [5, 5.41) is 0. The van der Waals surface area contributed by atoms with Gasteiger partial charge >= 0.3 is 0 Å². The number of hydrogen-bond acceptors (Lipinski definition) is 3. The average Bonchev–Trinajstić information content (AvgIpc) is 1.88. The summed E-state index contributed by atoms with van der Waals surface area (Å²) in [6.07, 6.45) is 0.698. The fourth-order valence-electron chi connectivity index (χ4n) is 0.782. The van der Waals surface area contributed by atoms with Gasteiger partial charge in [-0.05, 0) is 0 Å². The van der Waals surface area contributed by atoms with E-state index < -0.39 is 0 Å². The molecule has 1 atom stereocenters. The van der Waals surface area contributed by atoms with Gasteiger partial charge in [-0.15, -0.1) is 0 Å². The maximum Gasteiger partial charge on any atom is 0.241 e. The Morgan fingerprint density at radius 1 is 1.89 bits per heavy atom. The summed E-state index contributed by atoms with van der Waals surface area (Å²) in [6.45, 7) is 0.712. The second-order valence-corrected chi connectivity index (χ2v) is 2.02. The summed E-state index contributed by atoms with van der Waals surface area (Å²) in [6, 6.07) is -0.357. The molecule has 0 bridgehead atoms. The lowest BCUT2D eigenvalue weighted by molar-refractivity contribution is -0.143. The van der Waals surface area contributed by atoms with E-state index >= 15 is 0 Å². The third-order valence-corrected chi connectivity index (χ3v) is 1.34. The first kappa shape index (κ1) is 6.22. The monoisotopic (exact) mass is 128 g/mol. The van der Waals surface area contributed by atoms with Crippen molar-refractivity contribution in [2.75, 3.05) is 13.1 Å². The van der Waals surface area contributed by atoms with Crippen LogP contribution in [0.4, 0.5) is 0 Å². The Kier molecular flexibility index (Phi) is 1.48. The van der Waals surface area contributed by atoms with Crippen molar-refractivity contribution in [2.45, 2.75) is 6.04 Å². The third-order valence-electron chi connectivity index (χ3n) is 1.34. The molecule has 0 radical (unpaired) electrons. The first-order chi connectivity index (χ1) is 4.25. The van der Waals surface area contributed by atoms with Crippen molar-refractivity contribution >= 4 is 12.2 Å². The molecular formula is C5H8N2O2. The van der Waals surface area contributed by atoms with Crippen LogP contribution in [0.5, 0.6) is 0 Å². The van der Waals surface area contributed by atoms with Crippen LogP contribution in [0.1, 0.15) is 0 Å². The molecule has 0 aromatic carbocycles. The Balaban J connectivity index is 2.33. The van der Waals surface area contributed by atoms with Crippen molar-refractivity contribution < 1.29 is 9.59 Å². The van der Waals surface area contributed by atoms with Gasteiger partial charge in [0.2, 0.25) is 5.91 Å². The Labute approximate surface area is 52.6 Å². The second-order valence-electron chi connectivity index (χ2n) is 2.02. The number of amides is 1. The van der Waals surface area contributed by atoms with Crippen LogP contribution in [0.3, 0.4) is 0 Å². The van der Waals surface area contributed by atoms with E-state index in [1.807, 2.05) is 0 Å². The van der Waals surface area contributed by atoms with Crippen LogP contribution in [-0.2, 0) is 9.59 Å². The van der Waals surface area contributed by atoms with Gasteiger partial charge in [0, 0.05) is 6.54 Å². The molecule has 1 unspecified atom stereocenters. The van der Waals surface area contributed by atoms with Gasteiger partial charge in [0.05, 0.1) is 6.54 Å². The van der Waals surface area contributed by atoms with Crippen molar-refractivity contribution in [2.24, 2.45) is 5.73 Å². The Morgan fingerprint density at radius 3 is 2.89 bits per heavy atom. The number of nitrogens with zero attached hydrogens (tertiary/aromatic N) is 1. The van der Waals surface area contributed by atoms with Gasteiger partial charge in [-0.1, -0.05) is 0 Å². The summed E-state index contributed by atoms with van der Waals surface area (Å²) in [5.41, 5.74) is 5.24. The molecule has 1 saturated heterocycles. The van der Waals surface area contributed by atoms with Gasteiger partial charge in [-0.2, -0.15) is 0 Å². The van der Waals surface area contributed by atoms with E-state index in [0.717, 1.165) is 0 Å². The van der Waals surface area contributed by atoms with E-state index in [9.17, 15) is 9.59 Å². The predicted molar refractivity (Wildman–Crippen MR) is 30.6 cm³/mol. The maximum atomic E-state index is 10.6. The number of carbonyl (C=O) groups is 2. The largest absolute Gasteiger partial charge is 0.332 e. The predicted octanol–water partition coefficient (Wildman–Crippen LogP) is -1.65. The summed E-state index contributed by atoms with van der Waals surface area (Å²) in [5.74, 6) is -0.123. The molecule has 0 aromatic heterocycles. The van der Waals surface area contributed by atoms with Crippen LogP contribution in [0.25, 0.3) is 0 Å². The molecule has 0 spiro atoms. The van der Waals surface area contributed by atoms with E-state index in [-0.39, 0.29) is 18.5 Å². The molecule has 0 aromatic rings. The molecule has 1 amide bonds. The molecule has 1 rings (SSSR count). The second kappa shape index (κ2) is 2.14. The maximum absolute atomic E-state index is 10.6. The lowest BCUT2D eigenvalue weighted by Gasteiger charge is -2.34. The van der Waals surface area contributed by atoms with Gasteiger partial charge in [-0.25, -0.2) is 0 Å². The van der Waals surface area contributed by atoms with Crippen LogP contribution in [0.15, 0.2) is 0 Å². The number of hydrogen-bond donors (Lipinski definition) is 1. The molecule has 1 aliphatic heterocycles. The third kappa shape index (κ3) is 0.929. The highest BCUT2D eigenvalue weighted by atomic mass is 16.2. The summed E-state index contributed by atoms with van der Waals surface area (Å²) in [4.78, 5) is 21.8. The standard InChI is InChI=1S/C5H8N2O2/c6-4-3-7(1-2-8)5(4)9/h2,4H,1,3,6H2. The molecule has 9 heavy (non-hydrogen) atoms. The lowest BCUT2D eigenvalue weighted by Crippen LogP contribution is -2.61. The van der Waals surface area contributed by atoms with Crippen LogP contribution < -0.4 is 5.73 Å². The van der Waals surface area contributed by atoms with Gasteiger partial charge in [0.1, 0.15) is 12.3 Å². The van der Waals surface area contributed by atoms with Crippen molar-refractivity contribution in [1.82, 2.24) is 4.90 Å². The van der Waals surface area contributed by atoms with E-state index in [0.29, 0.717) is 12.8 Å². The van der Waals surface area contributed by atoms with Crippen molar-refractivity contribution in [1.29, 1.82) is 0 Å². The normalized spacial score (nSPS) is 25.7. The van der Waals surface area contributed by atoms with Gasteiger partial charge in [-0.3, -0.25) is 4.79 Å². The highest BCUT2D eigenvalue weighted by molar-refractivity contribution is 5.89. The fraction of sp³-hybridized carbons (Fsp3) is 0.600. The molecule has 1 fully saturated rings. The molecular weight excluding hydrogens is 120 g/mol. The lowest BCUT2D eigenvalue weighted by atomic mass is 10.1. The molecule has 4 nitrogen and oxygen atoms in total. The molecule has 1 aliphatic rings. The summed E-state index contributed by atoms with van der Waals surface area (Å²) in [7, 11) is 0. The van der Waals surface area contributed by atoms with Crippen molar-refractivity contribution in [3.8, 4) is 0 Å². The smallest absolute Gasteiger partial charge is 0.241 e. The van der Waals surface area contributed by atoms with E-state index in [1.165, 1.54) is 4.90 Å². The average molecular weight is 128 g/mol. The molecule has 1 heterocycles. The van der Waals surface area contributed by atoms with Crippen molar-refractivity contribution in [3.05, 3.63) is 0 Å². The molecule has 50 valence electrons. The zero-order valence-electron chi connectivity index (χ0n) is 4.91. The van der Waals surface area contributed by atoms with Crippen LogP contribution in [0, 0.1) is 0 Å². The quantitative estimate of drug-likeness (QED) is 0.358. The van der Waals surface area contributed by atoms with E-state index in [2.05, 4.69) is 0 Å². The SMILES string of the molecule is NC1CN(CC=O)C1=O. The Morgan fingerprint density at radius 2 is 2.56 bits per heavy atom. The summed E-state index contributed by atoms with van der Waals surface area (Å²) >= 11 is 0. The van der Waals surface area contributed by atoms with Crippen LogP contribution in [-0.4, -0.2) is 36.2 Å². The highest BCUT2D eigenvalue weighted by Crippen LogP contribution is 2.04. The molecule has 0 aliphatic carbocycles. The number of rotatable bonds is 2. The first-order valence-corrected chi connectivity index (χ1v) is 2.73.